The molecule has 9 nitrogen and oxygen atoms in total. The first-order chi connectivity index (χ1) is 17.2. The van der Waals surface area contributed by atoms with Crippen LogP contribution in [0.25, 0.3) is 0 Å². The summed E-state index contributed by atoms with van der Waals surface area (Å²) >= 11 is 8.42. The Morgan fingerprint density at radius 1 is 1.03 bits per heavy atom. The van der Waals surface area contributed by atoms with Crippen LogP contribution in [0.2, 0.25) is 0 Å². The van der Waals surface area contributed by atoms with Gasteiger partial charge in [-0.15, -0.1) is 23.4 Å². The standard InChI is InChI=1S/C25H20ClN3O6S/c26-23-21(36-20-4-2-1-3-19(20)29(34)35)12-17-22(23)16-11-14(25(30)31)7-10-18(16)27-24(17)13-5-8-15(9-6-13)28(32)33/h1-11,17,21-24,27H,12H2,(H,30,31)/t17-,21+,22-,23+,24-/m0/s1. The average Bonchev–Trinajstić information content (AvgIpc) is 3.19. The zero-order valence-electron chi connectivity index (χ0n) is 18.6. The molecule has 5 rings (SSSR count). The van der Waals surface area contributed by atoms with Crippen molar-refractivity contribution in [3.05, 3.63) is 104 Å². The van der Waals surface area contributed by atoms with E-state index in [-0.39, 0.29) is 40.1 Å². The number of hydrogen-bond acceptors (Lipinski definition) is 7. The number of para-hydroxylation sites is 1. The zero-order chi connectivity index (χ0) is 25.6. The molecule has 0 spiro atoms. The fraction of sp³-hybridized carbons (Fsp3) is 0.240. The number of hydrogen-bond donors (Lipinski definition) is 2. The van der Waals surface area contributed by atoms with Crippen molar-refractivity contribution in [2.75, 3.05) is 5.32 Å². The number of nitro groups is 2. The van der Waals surface area contributed by atoms with Crippen LogP contribution in [0.15, 0.2) is 71.6 Å². The number of aromatic carboxylic acids is 1. The van der Waals surface area contributed by atoms with Gasteiger partial charge in [-0.3, -0.25) is 20.2 Å². The van der Waals surface area contributed by atoms with Crippen LogP contribution in [-0.2, 0) is 0 Å². The summed E-state index contributed by atoms with van der Waals surface area (Å²) in [5.41, 5.74) is 2.56. The Balaban J connectivity index is 1.55. The highest BCUT2D eigenvalue weighted by atomic mass is 35.5. The van der Waals surface area contributed by atoms with E-state index in [1.54, 1.807) is 42.5 Å². The molecule has 0 unspecified atom stereocenters. The number of benzene rings is 3. The summed E-state index contributed by atoms with van der Waals surface area (Å²) in [6, 6.07) is 17.6. The molecular formula is C25H20ClN3O6S. The van der Waals surface area contributed by atoms with E-state index in [0.29, 0.717) is 11.3 Å². The van der Waals surface area contributed by atoms with Gasteiger partial charge in [-0.25, -0.2) is 4.79 Å². The topological polar surface area (TPSA) is 136 Å². The Labute approximate surface area is 214 Å². The molecule has 0 amide bonds. The molecule has 1 saturated carbocycles. The smallest absolute Gasteiger partial charge is 0.335 e. The van der Waals surface area contributed by atoms with Crippen LogP contribution in [0.3, 0.4) is 0 Å². The predicted molar refractivity (Wildman–Crippen MR) is 136 cm³/mol. The maximum Gasteiger partial charge on any atom is 0.335 e. The van der Waals surface area contributed by atoms with Gasteiger partial charge in [-0.1, -0.05) is 24.3 Å². The summed E-state index contributed by atoms with van der Waals surface area (Å²) in [6.45, 7) is 0. The summed E-state index contributed by atoms with van der Waals surface area (Å²) in [6.07, 6.45) is 0.612. The van der Waals surface area contributed by atoms with Crippen LogP contribution in [-0.4, -0.2) is 31.5 Å². The fourth-order valence-corrected chi connectivity index (χ4v) is 7.20. The van der Waals surface area contributed by atoms with Gasteiger partial charge in [-0.05, 0) is 47.7 Å². The second kappa shape index (κ2) is 9.44. The lowest BCUT2D eigenvalue weighted by atomic mass is 9.77. The Hall–Kier alpha value is -3.63. The molecule has 184 valence electrons. The number of nitrogens with one attached hydrogen (secondary N) is 1. The van der Waals surface area contributed by atoms with Crippen molar-refractivity contribution in [2.45, 2.75) is 33.9 Å². The van der Waals surface area contributed by atoms with Crippen LogP contribution in [0.5, 0.6) is 0 Å². The number of nitrogens with zero attached hydrogens (tertiary/aromatic N) is 2. The van der Waals surface area contributed by atoms with Crippen LogP contribution >= 0.6 is 23.4 Å². The maximum atomic E-state index is 11.7. The summed E-state index contributed by atoms with van der Waals surface area (Å²) in [5.74, 6) is -1.32. The number of alkyl halides is 1. The Morgan fingerprint density at radius 3 is 2.42 bits per heavy atom. The van der Waals surface area contributed by atoms with Gasteiger partial charge in [0, 0.05) is 35.1 Å². The molecule has 3 aromatic carbocycles. The van der Waals surface area contributed by atoms with Crippen LogP contribution < -0.4 is 5.32 Å². The normalized spacial score (nSPS) is 24.3. The molecule has 0 bridgehead atoms. The first-order valence-corrected chi connectivity index (χ1v) is 12.5. The summed E-state index contributed by atoms with van der Waals surface area (Å²) in [5, 5.41) is 35.1. The minimum absolute atomic E-state index is 0.0101. The van der Waals surface area contributed by atoms with Gasteiger partial charge >= 0.3 is 5.97 Å². The quantitative estimate of drug-likeness (QED) is 0.219. The average molecular weight is 526 g/mol. The monoisotopic (exact) mass is 525 g/mol. The largest absolute Gasteiger partial charge is 0.478 e. The van der Waals surface area contributed by atoms with Crippen molar-refractivity contribution in [1.29, 1.82) is 0 Å². The molecule has 3 aromatic rings. The third kappa shape index (κ3) is 4.27. The molecule has 1 aliphatic heterocycles. The van der Waals surface area contributed by atoms with Crippen molar-refractivity contribution in [3.63, 3.8) is 0 Å². The first-order valence-electron chi connectivity index (χ1n) is 11.2. The molecule has 1 aliphatic carbocycles. The number of rotatable bonds is 6. The Bertz CT molecular complexity index is 1370. The number of anilines is 1. The number of carbonyl (C=O) groups is 1. The van der Waals surface area contributed by atoms with Crippen molar-refractivity contribution in [2.24, 2.45) is 5.92 Å². The summed E-state index contributed by atoms with van der Waals surface area (Å²) in [7, 11) is 0. The predicted octanol–water partition coefficient (Wildman–Crippen LogP) is 6.24. The number of thioether (sulfide) groups is 1. The van der Waals surface area contributed by atoms with E-state index < -0.39 is 21.2 Å². The molecular weight excluding hydrogens is 506 g/mol. The van der Waals surface area contributed by atoms with E-state index in [4.69, 9.17) is 11.6 Å². The summed E-state index contributed by atoms with van der Waals surface area (Å²) in [4.78, 5) is 34.0. The van der Waals surface area contributed by atoms with Gasteiger partial charge in [0.05, 0.1) is 31.7 Å². The molecule has 2 N–H and O–H groups in total. The highest BCUT2D eigenvalue weighted by Gasteiger charge is 2.50. The first kappa shape index (κ1) is 24.1. The molecule has 11 heteroatoms. The number of carboxylic acids is 1. The third-order valence-electron chi connectivity index (χ3n) is 6.86. The lowest BCUT2D eigenvalue weighted by Gasteiger charge is -2.38. The molecule has 0 radical (unpaired) electrons. The zero-order valence-corrected chi connectivity index (χ0v) is 20.2. The SMILES string of the molecule is O=C(O)c1ccc2c(c1)[C@@H]1[C@H](Cl)[C@H](Sc3ccccc3[N+](=O)[O-])C[C@@H]1[C@H](c1ccc([N+](=O)[O-])cc1)N2. The Morgan fingerprint density at radius 2 is 1.75 bits per heavy atom. The van der Waals surface area contributed by atoms with Crippen LogP contribution in [0.4, 0.5) is 17.1 Å². The van der Waals surface area contributed by atoms with Crippen molar-refractivity contribution >= 4 is 46.4 Å². The number of carboxylic acid groups (broad SMARTS) is 1. The van der Waals surface area contributed by atoms with Crippen molar-refractivity contribution < 1.29 is 19.7 Å². The van der Waals surface area contributed by atoms with E-state index in [2.05, 4.69) is 5.32 Å². The maximum absolute atomic E-state index is 11.7. The third-order valence-corrected chi connectivity index (χ3v) is 8.98. The van der Waals surface area contributed by atoms with Crippen molar-refractivity contribution in [3.8, 4) is 0 Å². The molecule has 2 aliphatic rings. The molecule has 1 fully saturated rings. The number of nitro benzene ring substituents is 2. The number of halogens is 1. The molecule has 5 atom stereocenters. The minimum atomic E-state index is -1.04. The Kier molecular flexibility index (Phi) is 6.31. The summed E-state index contributed by atoms with van der Waals surface area (Å²) < 4.78 is 0. The van der Waals surface area contributed by atoms with E-state index in [1.807, 2.05) is 0 Å². The number of fused-ring (bicyclic) bond motifs is 3. The van der Waals surface area contributed by atoms with Gasteiger partial charge in [0.15, 0.2) is 0 Å². The minimum Gasteiger partial charge on any atom is -0.478 e. The lowest BCUT2D eigenvalue weighted by Crippen LogP contribution is -2.31. The molecule has 0 saturated heterocycles. The lowest BCUT2D eigenvalue weighted by molar-refractivity contribution is -0.387. The van der Waals surface area contributed by atoms with Crippen LogP contribution in [0.1, 0.15) is 39.9 Å². The van der Waals surface area contributed by atoms with Gasteiger partial charge in [0.1, 0.15) is 0 Å². The molecule has 0 aromatic heterocycles. The number of non-ortho nitro benzene ring substituents is 1. The fourth-order valence-electron chi connectivity index (χ4n) is 5.25. The van der Waals surface area contributed by atoms with Gasteiger partial charge in [0.25, 0.3) is 11.4 Å². The van der Waals surface area contributed by atoms with Crippen molar-refractivity contribution in [1.82, 2.24) is 0 Å². The van der Waals surface area contributed by atoms with Gasteiger partial charge in [0.2, 0.25) is 0 Å². The van der Waals surface area contributed by atoms with Crippen LogP contribution in [0, 0.1) is 26.1 Å². The van der Waals surface area contributed by atoms with E-state index in [9.17, 15) is 30.1 Å². The molecule has 1 heterocycles. The second-order valence-corrected chi connectivity index (χ2v) is 10.6. The van der Waals surface area contributed by atoms with E-state index in [0.717, 1.165) is 16.8 Å². The van der Waals surface area contributed by atoms with E-state index >= 15 is 0 Å². The second-order valence-electron chi connectivity index (χ2n) is 8.83. The molecule has 36 heavy (non-hydrogen) atoms. The highest BCUT2D eigenvalue weighted by molar-refractivity contribution is 8.00. The van der Waals surface area contributed by atoms with E-state index in [1.165, 1.54) is 36.0 Å². The van der Waals surface area contributed by atoms with Gasteiger partial charge in [-0.2, -0.15) is 0 Å². The van der Waals surface area contributed by atoms with Gasteiger partial charge < -0.3 is 10.4 Å². The highest BCUT2D eigenvalue weighted by Crippen LogP contribution is 2.58.